The van der Waals surface area contributed by atoms with Gasteiger partial charge in [0.25, 0.3) is 5.91 Å². The lowest BCUT2D eigenvalue weighted by Gasteiger charge is -2.23. The Morgan fingerprint density at radius 3 is 2.52 bits per heavy atom. The smallest absolute Gasteiger partial charge is 0.253 e. The molecule has 0 atom stereocenters. The van der Waals surface area contributed by atoms with Crippen LogP contribution in [0.5, 0.6) is 0 Å². The Labute approximate surface area is 172 Å². The van der Waals surface area contributed by atoms with E-state index in [0.717, 1.165) is 37.2 Å². The Balaban J connectivity index is 1.93. The van der Waals surface area contributed by atoms with Gasteiger partial charge in [-0.1, -0.05) is 19.9 Å². The average molecular weight is 417 g/mol. The zero-order valence-electron chi connectivity index (χ0n) is 17.0. The third-order valence-electron chi connectivity index (χ3n) is 5.18. The third kappa shape index (κ3) is 4.76. The van der Waals surface area contributed by atoms with Gasteiger partial charge in [0.1, 0.15) is 0 Å². The van der Waals surface area contributed by atoms with E-state index in [1.54, 1.807) is 38.4 Å². The van der Waals surface area contributed by atoms with E-state index in [4.69, 9.17) is 0 Å². The van der Waals surface area contributed by atoms with Crippen LogP contribution in [0.1, 0.15) is 42.6 Å². The molecule has 1 amide bonds. The molecule has 0 unspecified atom stereocenters. The summed E-state index contributed by atoms with van der Waals surface area (Å²) in [5.74, 6) is -0.285. The Morgan fingerprint density at radius 2 is 1.90 bits per heavy atom. The van der Waals surface area contributed by atoms with E-state index in [2.05, 4.69) is 15.2 Å². The SMILES string of the molecule is CCN(CC)S(=O)(=O)c1ccc(N2CCCC2)c(C(=O)NCc2cccnc2)c1. The van der Waals surface area contributed by atoms with Gasteiger partial charge in [-0.05, 0) is 42.7 Å². The number of sulfonamides is 1. The molecule has 29 heavy (non-hydrogen) atoms. The van der Waals surface area contributed by atoms with Crippen LogP contribution in [0.2, 0.25) is 0 Å². The summed E-state index contributed by atoms with van der Waals surface area (Å²) in [6.45, 7) is 6.45. The minimum absolute atomic E-state index is 0.149. The van der Waals surface area contributed by atoms with Crippen molar-refractivity contribution < 1.29 is 13.2 Å². The number of carbonyl (C=O) groups is 1. The topological polar surface area (TPSA) is 82.6 Å². The fourth-order valence-electron chi connectivity index (χ4n) is 3.58. The van der Waals surface area contributed by atoms with E-state index in [0.29, 0.717) is 25.2 Å². The normalized spacial score (nSPS) is 14.4. The number of benzene rings is 1. The maximum atomic E-state index is 13.0. The van der Waals surface area contributed by atoms with Crippen molar-refractivity contribution in [1.82, 2.24) is 14.6 Å². The van der Waals surface area contributed by atoms with E-state index in [1.807, 2.05) is 12.1 Å². The van der Waals surface area contributed by atoms with Gasteiger partial charge in [-0.15, -0.1) is 0 Å². The summed E-state index contributed by atoms with van der Waals surface area (Å²) < 4.78 is 27.3. The highest BCUT2D eigenvalue weighted by Gasteiger charge is 2.26. The molecule has 1 fully saturated rings. The molecule has 1 aromatic heterocycles. The fourth-order valence-corrected chi connectivity index (χ4v) is 5.07. The molecule has 0 saturated carbocycles. The maximum absolute atomic E-state index is 13.0. The largest absolute Gasteiger partial charge is 0.371 e. The minimum atomic E-state index is -3.64. The lowest BCUT2D eigenvalue weighted by atomic mass is 10.1. The lowest BCUT2D eigenvalue weighted by Crippen LogP contribution is -2.32. The molecule has 3 rings (SSSR count). The van der Waals surface area contributed by atoms with Crippen molar-refractivity contribution in [3.63, 3.8) is 0 Å². The first-order valence-electron chi connectivity index (χ1n) is 10.0. The molecule has 8 heteroatoms. The Morgan fingerprint density at radius 1 is 1.17 bits per heavy atom. The van der Waals surface area contributed by atoms with E-state index in [9.17, 15) is 13.2 Å². The molecule has 0 radical (unpaired) electrons. The number of nitrogens with one attached hydrogen (secondary N) is 1. The first kappa shape index (κ1) is 21.3. The number of rotatable bonds is 8. The molecule has 0 spiro atoms. The standard InChI is InChI=1S/C21H28N4O3S/c1-3-25(4-2)29(27,28)18-9-10-20(24-12-5-6-13-24)19(14-18)21(26)23-16-17-8-7-11-22-15-17/h7-11,14-15H,3-6,12-13,16H2,1-2H3,(H,23,26). The summed E-state index contributed by atoms with van der Waals surface area (Å²) in [4.78, 5) is 19.4. The van der Waals surface area contributed by atoms with Gasteiger partial charge in [-0.3, -0.25) is 9.78 Å². The molecule has 2 heterocycles. The molecule has 1 aromatic carbocycles. The predicted molar refractivity (Wildman–Crippen MR) is 113 cm³/mol. The van der Waals surface area contributed by atoms with Crippen LogP contribution in [0, 0.1) is 0 Å². The zero-order chi connectivity index (χ0) is 20.9. The van der Waals surface area contributed by atoms with Crippen LogP contribution in [-0.2, 0) is 16.6 Å². The van der Waals surface area contributed by atoms with E-state index in [1.165, 1.54) is 10.4 Å². The van der Waals surface area contributed by atoms with Crippen molar-refractivity contribution in [1.29, 1.82) is 0 Å². The van der Waals surface area contributed by atoms with Gasteiger partial charge < -0.3 is 10.2 Å². The summed E-state index contributed by atoms with van der Waals surface area (Å²) in [5, 5.41) is 2.90. The van der Waals surface area contributed by atoms with Crippen LogP contribution in [0.15, 0.2) is 47.6 Å². The van der Waals surface area contributed by atoms with Crippen molar-refractivity contribution in [3.05, 3.63) is 53.9 Å². The highest BCUT2D eigenvalue weighted by Crippen LogP contribution is 2.28. The second-order valence-electron chi connectivity index (χ2n) is 7.01. The van der Waals surface area contributed by atoms with Gasteiger partial charge in [0.05, 0.1) is 10.5 Å². The molecule has 1 aliphatic rings. The van der Waals surface area contributed by atoms with Gasteiger partial charge in [0.15, 0.2) is 0 Å². The number of nitrogens with zero attached hydrogens (tertiary/aromatic N) is 3. The average Bonchev–Trinajstić information content (AvgIpc) is 3.27. The number of hydrogen-bond acceptors (Lipinski definition) is 5. The lowest BCUT2D eigenvalue weighted by molar-refractivity contribution is 0.0951. The van der Waals surface area contributed by atoms with E-state index < -0.39 is 10.0 Å². The molecule has 156 valence electrons. The number of carbonyl (C=O) groups excluding carboxylic acids is 1. The highest BCUT2D eigenvalue weighted by molar-refractivity contribution is 7.89. The van der Waals surface area contributed by atoms with Crippen LogP contribution < -0.4 is 10.2 Å². The quantitative estimate of drug-likeness (QED) is 0.715. The third-order valence-corrected chi connectivity index (χ3v) is 7.22. The summed E-state index contributed by atoms with van der Waals surface area (Å²) in [5.41, 5.74) is 2.06. The number of aromatic nitrogens is 1. The van der Waals surface area contributed by atoms with Gasteiger partial charge in [-0.2, -0.15) is 4.31 Å². The van der Waals surface area contributed by atoms with Crippen molar-refractivity contribution in [2.45, 2.75) is 38.1 Å². The number of pyridine rings is 1. The zero-order valence-corrected chi connectivity index (χ0v) is 17.8. The van der Waals surface area contributed by atoms with Crippen molar-refractivity contribution in [2.24, 2.45) is 0 Å². The maximum Gasteiger partial charge on any atom is 0.253 e. The van der Waals surface area contributed by atoms with Crippen molar-refractivity contribution >= 4 is 21.6 Å². The Hall–Kier alpha value is -2.45. The van der Waals surface area contributed by atoms with Gasteiger partial charge >= 0.3 is 0 Å². The molecule has 1 saturated heterocycles. The molecule has 0 bridgehead atoms. The first-order valence-corrected chi connectivity index (χ1v) is 11.5. The number of anilines is 1. The van der Waals surface area contributed by atoms with Gasteiger partial charge in [0.2, 0.25) is 10.0 Å². The van der Waals surface area contributed by atoms with E-state index >= 15 is 0 Å². The summed E-state index contributed by atoms with van der Waals surface area (Å²) in [6.07, 6.45) is 5.51. The number of hydrogen-bond donors (Lipinski definition) is 1. The van der Waals surface area contributed by atoms with Crippen LogP contribution in [0.4, 0.5) is 5.69 Å². The molecule has 2 aromatic rings. The highest BCUT2D eigenvalue weighted by atomic mass is 32.2. The second kappa shape index (κ2) is 9.37. The summed E-state index contributed by atoms with van der Waals surface area (Å²) >= 11 is 0. The molecule has 7 nitrogen and oxygen atoms in total. The van der Waals surface area contributed by atoms with E-state index in [-0.39, 0.29) is 10.8 Å². The summed E-state index contributed by atoms with van der Waals surface area (Å²) in [6, 6.07) is 8.59. The van der Waals surface area contributed by atoms with Gasteiger partial charge in [0, 0.05) is 50.8 Å². The van der Waals surface area contributed by atoms with Gasteiger partial charge in [-0.25, -0.2) is 8.42 Å². The fraction of sp³-hybridized carbons (Fsp3) is 0.429. The second-order valence-corrected chi connectivity index (χ2v) is 8.94. The van der Waals surface area contributed by atoms with Crippen LogP contribution >= 0.6 is 0 Å². The summed E-state index contributed by atoms with van der Waals surface area (Å²) in [7, 11) is -3.64. The van der Waals surface area contributed by atoms with Crippen molar-refractivity contribution in [2.75, 3.05) is 31.1 Å². The molecule has 1 aliphatic heterocycles. The van der Waals surface area contributed by atoms with Crippen LogP contribution in [0.25, 0.3) is 0 Å². The predicted octanol–water partition coefficient (Wildman–Crippen LogP) is 2.64. The van der Waals surface area contributed by atoms with Crippen LogP contribution in [0.3, 0.4) is 0 Å². The molecular formula is C21H28N4O3S. The Bertz CT molecular complexity index is 938. The minimum Gasteiger partial charge on any atom is -0.371 e. The molecule has 1 N–H and O–H groups in total. The number of amides is 1. The first-order chi connectivity index (χ1) is 14.0. The monoisotopic (exact) mass is 416 g/mol. The Kier molecular flexibility index (Phi) is 6.87. The molecular weight excluding hydrogens is 388 g/mol. The molecule has 0 aliphatic carbocycles. The van der Waals surface area contributed by atoms with Crippen molar-refractivity contribution in [3.8, 4) is 0 Å². The van der Waals surface area contributed by atoms with Crippen LogP contribution in [-0.4, -0.2) is 49.8 Å².